The molecule has 0 bridgehead atoms. The van der Waals surface area contributed by atoms with Gasteiger partial charge in [-0.25, -0.2) is 0 Å². The van der Waals surface area contributed by atoms with Crippen molar-refractivity contribution in [2.75, 3.05) is 6.26 Å². The zero-order valence-electron chi connectivity index (χ0n) is 7.43. The first-order valence-electron chi connectivity index (χ1n) is 3.96. The minimum atomic E-state index is -0.405. The van der Waals surface area contributed by atoms with Gasteiger partial charge in [-0.15, -0.1) is 0 Å². The molecular formula is C9H12N2OS. The number of carbonyl (C=O) groups is 1. The van der Waals surface area contributed by atoms with Gasteiger partial charge in [0.05, 0.1) is 6.04 Å². The van der Waals surface area contributed by atoms with E-state index in [9.17, 15) is 4.79 Å². The summed E-state index contributed by atoms with van der Waals surface area (Å²) in [5.41, 5.74) is 6.72. The lowest BCUT2D eigenvalue weighted by Gasteiger charge is -2.07. The first kappa shape index (κ1) is 10.2. The second kappa shape index (κ2) is 4.99. The fourth-order valence-corrected chi connectivity index (χ4v) is 1.39. The van der Waals surface area contributed by atoms with Crippen LogP contribution in [0.15, 0.2) is 24.5 Å². The Morgan fingerprint density at radius 1 is 1.62 bits per heavy atom. The van der Waals surface area contributed by atoms with Crippen LogP contribution in [0.3, 0.4) is 0 Å². The van der Waals surface area contributed by atoms with Crippen LogP contribution in [-0.2, 0) is 11.2 Å². The maximum absolute atomic E-state index is 11.1. The molecule has 3 nitrogen and oxygen atoms in total. The number of hydrogen-bond acceptors (Lipinski definition) is 4. The van der Waals surface area contributed by atoms with Crippen LogP contribution in [0.4, 0.5) is 0 Å². The molecule has 1 aromatic rings. The smallest absolute Gasteiger partial charge is 0.205 e. The van der Waals surface area contributed by atoms with Crippen LogP contribution in [0, 0.1) is 0 Å². The second-order valence-electron chi connectivity index (χ2n) is 2.69. The SMILES string of the molecule is CSC(=O)[C@@H](N)Cc1ccncc1. The van der Waals surface area contributed by atoms with Crippen molar-refractivity contribution in [3.05, 3.63) is 30.1 Å². The van der Waals surface area contributed by atoms with E-state index in [-0.39, 0.29) is 5.12 Å². The van der Waals surface area contributed by atoms with Gasteiger partial charge < -0.3 is 5.73 Å². The third kappa shape index (κ3) is 3.16. The number of carbonyl (C=O) groups excluding carboxylic acids is 1. The number of thioether (sulfide) groups is 1. The molecule has 0 aliphatic carbocycles. The third-order valence-electron chi connectivity index (χ3n) is 1.71. The van der Waals surface area contributed by atoms with Crippen molar-refractivity contribution in [1.82, 2.24) is 4.98 Å². The van der Waals surface area contributed by atoms with Gasteiger partial charge in [0.2, 0.25) is 5.12 Å². The maximum Gasteiger partial charge on any atom is 0.205 e. The largest absolute Gasteiger partial charge is 0.320 e. The van der Waals surface area contributed by atoms with E-state index in [0.717, 1.165) is 5.56 Å². The van der Waals surface area contributed by atoms with Crippen LogP contribution < -0.4 is 5.73 Å². The molecule has 0 aliphatic rings. The molecule has 0 saturated carbocycles. The fourth-order valence-electron chi connectivity index (χ4n) is 1.01. The molecular weight excluding hydrogens is 184 g/mol. The molecule has 0 radical (unpaired) electrons. The summed E-state index contributed by atoms with van der Waals surface area (Å²) in [6.07, 6.45) is 5.73. The van der Waals surface area contributed by atoms with Gasteiger partial charge in [-0.05, 0) is 30.4 Å². The average Bonchev–Trinajstić information content (AvgIpc) is 2.18. The molecule has 0 spiro atoms. The number of nitrogens with two attached hydrogens (primary N) is 1. The molecule has 2 N–H and O–H groups in total. The molecule has 0 aliphatic heterocycles. The van der Waals surface area contributed by atoms with Crippen molar-refractivity contribution in [1.29, 1.82) is 0 Å². The van der Waals surface area contributed by atoms with Gasteiger partial charge in [-0.2, -0.15) is 0 Å². The molecule has 70 valence electrons. The lowest BCUT2D eigenvalue weighted by Crippen LogP contribution is -2.30. The number of hydrogen-bond donors (Lipinski definition) is 1. The summed E-state index contributed by atoms with van der Waals surface area (Å²) < 4.78 is 0. The van der Waals surface area contributed by atoms with Crippen molar-refractivity contribution in [3.63, 3.8) is 0 Å². The highest BCUT2D eigenvalue weighted by Gasteiger charge is 2.11. The van der Waals surface area contributed by atoms with E-state index in [2.05, 4.69) is 4.98 Å². The normalized spacial score (nSPS) is 12.5. The predicted octanol–water partition coefficient (Wildman–Crippen LogP) is 0.841. The molecule has 1 heterocycles. The highest BCUT2D eigenvalue weighted by molar-refractivity contribution is 8.13. The number of aromatic nitrogens is 1. The van der Waals surface area contributed by atoms with E-state index in [1.54, 1.807) is 18.6 Å². The second-order valence-corrected chi connectivity index (χ2v) is 3.50. The van der Waals surface area contributed by atoms with Gasteiger partial charge in [0.1, 0.15) is 0 Å². The Balaban J connectivity index is 2.55. The van der Waals surface area contributed by atoms with Gasteiger partial charge in [-0.3, -0.25) is 9.78 Å². The standard InChI is InChI=1S/C9H12N2OS/c1-13-9(12)8(10)6-7-2-4-11-5-3-7/h2-5,8H,6,10H2,1H3/t8-/m0/s1. The van der Waals surface area contributed by atoms with E-state index in [4.69, 9.17) is 5.73 Å². The summed E-state index contributed by atoms with van der Waals surface area (Å²) >= 11 is 1.17. The Kier molecular flexibility index (Phi) is 3.92. The molecule has 4 heteroatoms. The zero-order chi connectivity index (χ0) is 9.68. The molecule has 0 saturated heterocycles. The number of pyridine rings is 1. The Labute approximate surface area is 81.7 Å². The third-order valence-corrected chi connectivity index (χ3v) is 2.41. The van der Waals surface area contributed by atoms with Gasteiger partial charge in [0.25, 0.3) is 0 Å². The molecule has 0 fully saturated rings. The molecule has 1 rings (SSSR count). The van der Waals surface area contributed by atoms with Crippen molar-refractivity contribution in [3.8, 4) is 0 Å². The maximum atomic E-state index is 11.1. The molecule has 0 unspecified atom stereocenters. The molecule has 1 aromatic heterocycles. The lowest BCUT2D eigenvalue weighted by atomic mass is 10.1. The summed E-state index contributed by atoms with van der Waals surface area (Å²) in [6, 6.07) is 3.33. The quantitative estimate of drug-likeness (QED) is 0.778. The van der Waals surface area contributed by atoms with E-state index in [0.29, 0.717) is 6.42 Å². The first-order valence-corrected chi connectivity index (χ1v) is 5.19. The highest BCUT2D eigenvalue weighted by Crippen LogP contribution is 2.05. The van der Waals surface area contributed by atoms with Crippen molar-refractivity contribution in [2.24, 2.45) is 5.73 Å². The summed E-state index contributed by atoms with van der Waals surface area (Å²) in [5.74, 6) is 0. The number of rotatable bonds is 3. The van der Waals surface area contributed by atoms with Crippen LogP contribution in [0.2, 0.25) is 0 Å². The molecule has 13 heavy (non-hydrogen) atoms. The number of nitrogens with zero attached hydrogens (tertiary/aromatic N) is 1. The minimum absolute atomic E-state index is 0.0248. The molecule has 0 amide bonds. The first-order chi connectivity index (χ1) is 6.24. The van der Waals surface area contributed by atoms with Crippen LogP contribution in [0.1, 0.15) is 5.56 Å². The fraction of sp³-hybridized carbons (Fsp3) is 0.333. The topological polar surface area (TPSA) is 56.0 Å². The molecule has 0 aromatic carbocycles. The van der Waals surface area contributed by atoms with E-state index in [1.807, 2.05) is 12.1 Å². The summed E-state index contributed by atoms with van der Waals surface area (Å²) in [5, 5.41) is 0.0248. The predicted molar refractivity (Wildman–Crippen MR) is 54.4 cm³/mol. The van der Waals surface area contributed by atoms with Crippen LogP contribution in [0.5, 0.6) is 0 Å². The van der Waals surface area contributed by atoms with Crippen LogP contribution in [-0.4, -0.2) is 22.4 Å². The van der Waals surface area contributed by atoms with Gasteiger partial charge >= 0.3 is 0 Å². The molecule has 1 atom stereocenters. The zero-order valence-corrected chi connectivity index (χ0v) is 8.25. The van der Waals surface area contributed by atoms with Crippen LogP contribution >= 0.6 is 11.8 Å². The van der Waals surface area contributed by atoms with Gasteiger partial charge in [0.15, 0.2) is 0 Å². The monoisotopic (exact) mass is 196 g/mol. The minimum Gasteiger partial charge on any atom is -0.320 e. The Hall–Kier alpha value is -0.870. The van der Waals surface area contributed by atoms with Gasteiger partial charge in [0, 0.05) is 12.4 Å². The van der Waals surface area contributed by atoms with E-state index < -0.39 is 6.04 Å². The Morgan fingerprint density at radius 3 is 2.77 bits per heavy atom. The van der Waals surface area contributed by atoms with Crippen molar-refractivity contribution < 1.29 is 4.79 Å². The van der Waals surface area contributed by atoms with E-state index in [1.165, 1.54) is 11.8 Å². The van der Waals surface area contributed by atoms with Crippen LogP contribution in [0.25, 0.3) is 0 Å². The summed E-state index contributed by atoms with van der Waals surface area (Å²) in [4.78, 5) is 15.0. The van der Waals surface area contributed by atoms with Gasteiger partial charge in [-0.1, -0.05) is 11.8 Å². The van der Waals surface area contributed by atoms with Crippen molar-refractivity contribution in [2.45, 2.75) is 12.5 Å². The Bertz CT molecular complexity index is 276. The van der Waals surface area contributed by atoms with E-state index >= 15 is 0 Å². The average molecular weight is 196 g/mol. The summed E-state index contributed by atoms with van der Waals surface area (Å²) in [6.45, 7) is 0. The summed E-state index contributed by atoms with van der Waals surface area (Å²) in [7, 11) is 0. The lowest BCUT2D eigenvalue weighted by molar-refractivity contribution is -0.112. The Morgan fingerprint density at radius 2 is 2.23 bits per heavy atom. The highest BCUT2D eigenvalue weighted by atomic mass is 32.2. The van der Waals surface area contributed by atoms with Crippen molar-refractivity contribution >= 4 is 16.9 Å².